The van der Waals surface area contributed by atoms with Crippen LogP contribution in [0.2, 0.25) is 0 Å². The quantitative estimate of drug-likeness (QED) is 0.270. The van der Waals surface area contributed by atoms with Crippen LogP contribution in [0.4, 0.5) is 10.1 Å². The van der Waals surface area contributed by atoms with Gasteiger partial charge in [0.25, 0.3) is 5.91 Å². The Morgan fingerprint density at radius 1 is 0.974 bits per heavy atom. The van der Waals surface area contributed by atoms with Crippen molar-refractivity contribution >= 4 is 17.2 Å². The van der Waals surface area contributed by atoms with Crippen molar-refractivity contribution < 1.29 is 23.4 Å². The molecule has 39 heavy (non-hydrogen) atoms. The molecule has 1 amide bonds. The Kier molecular flexibility index (Phi) is 7.09. The van der Waals surface area contributed by atoms with Crippen LogP contribution in [-0.2, 0) is 6.42 Å². The molecule has 5 aromatic rings. The Labute approximate surface area is 224 Å². The van der Waals surface area contributed by atoms with Crippen molar-refractivity contribution in [2.24, 2.45) is 0 Å². The van der Waals surface area contributed by atoms with Crippen molar-refractivity contribution in [3.63, 3.8) is 0 Å². The lowest BCUT2D eigenvalue weighted by Gasteiger charge is -2.14. The van der Waals surface area contributed by atoms with Gasteiger partial charge in [-0.15, -0.1) is 0 Å². The highest BCUT2D eigenvalue weighted by Crippen LogP contribution is 2.33. The molecule has 5 rings (SSSR count). The van der Waals surface area contributed by atoms with Crippen LogP contribution < -0.4 is 19.5 Å². The van der Waals surface area contributed by atoms with E-state index in [0.29, 0.717) is 35.1 Å². The lowest BCUT2D eigenvalue weighted by atomic mass is 10.1. The van der Waals surface area contributed by atoms with Gasteiger partial charge in [-0.2, -0.15) is 9.61 Å². The van der Waals surface area contributed by atoms with Crippen molar-refractivity contribution in [2.45, 2.75) is 20.3 Å². The number of carbonyl (C=O) groups is 1. The van der Waals surface area contributed by atoms with Crippen LogP contribution in [0, 0.1) is 12.7 Å². The summed E-state index contributed by atoms with van der Waals surface area (Å²) in [7, 11) is 3.11. The zero-order chi connectivity index (χ0) is 27.5. The predicted molar refractivity (Wildman–Crippen MR) is 144 cm³/mol. The zero-order valence-corrected chi connectivity index (χ0v) is 21.9. The molecular formula is C29H26FN5O4. The highest BCUT2D eigenvalue weighted by atomic mass is 19.1. The van der Waals surface area contributed by atoms with Gasteiger partial charge in [-0.05, 0) is 55.8 Å². The van der Waals surface area contributed by atoms with E-state index >= 15 is 4.39 Å². The molecule has 198 valence electrons. The fourth-order valence-electron chi connectivity index (χ4n) is 4.25. The maximum Gasteiger partial charge on any atom is 0.274 e. The number of rotatable bonds is 8. The second-order valence-corrected chi connectivity index (χ2v) is 8.61. The molecule has 0 radical (unpaired) electrons. The van der Waals surface area contributed by atoms with Crippen LogP contribution in [0.3, 0.4) is 0 Å². The van der Waals surface area contributed by atoms with E-state index in [1.165, 1.54) is 16.6 Å². The van der Waals surface area contributed by atoms with Crippen molar-refractivity contribution in [1.82, 2.24) is 19.6 Å². The number of anilines is 1. The first-order chi connectivity index (χ1) is 18.9. The van der Waals surface area contributed by atoms with E-state index < -0.39 is 11.7 Å². The average molecular weight is 528 g/mol. The largest absolute Gasteiger partial charge is 0.493 e. The van der Waals surface area contributed by atoms with Gasteiger partial charge in [-0.3, -0.25) is 4.79 Å². The van der Waals surface area contributed by atoms with Crippen molar-refractivity contribution in [2.75, 3.05) is 19.5 Å². The summed E-state index contributed by atoms with van der Waals surface area (Å²) in [6.07, 6.45) is 2.24. The maximum absolute atomic E-state index is 15.1. The average Bonchev–Trinajstić information content (AvgIpc) is 3.42. The second-order valence-electron chi connectivity index (χ2n) is 8.61. The summed E-state index contributed by atoms with van der Waals surface area (Å²) in [6.45, 7) is 3.84. The molecule has 0 aliphatic rings. The number of nitrogens with zero attached hydrogens (tertiary/aromatic N) is 4. The minimum Gasteiger partial charge on any atom is -0.493 e. The van der Waals surface area contributed by atoms with Gasteiger partial charge in [0.15, 0.2) is 28.7 Å². The Bertz CT molecular complexity index is 1680. The molecule has 9 nitrogen and oxygen atoms in total. The maximum atomic E-state index is 15.1. The third-order valence-electron chi connectivity index (χ3n) is 6.20. The summed E-state index contributed by atoms with van der Waals surface area (Å²) in [6, 6.07) is 16.4. The number of ether oxygens (including phenoxy) is 3. The van der Waals surface area contributed by atoms with E-state index in [4.69, 9.17) is 14.2 Å². The molecule has 0 saturated heterocycles. The van der Waals surface area contributed by atoms with Gasteiger partial charge in [-0.1, -0.05) is 13.0 Å². The Balaban J connectivity index is 1.36. The summed E-state index contributed by atoms with van der Waals surface area (Å²) in [5.41, 5.74) is 3.96. The molecule has 0 fully saturated rings. The molecule has 0 atom stereocenters. The molecule has 0 spiro atoms. The van der Waals surface area contributed by atoms with Crippen LogP contribution in [0.15, 0.2) is 66.9 Å². The number of nitrogens with one attached hydrogen (secondary N) is 1. The number of aromatic nitrogens is 4. The number of benzene rings is 2. The smallest absolute Gasteiger partial charge is 0.274 e. The molecule has 0 aliphatic carbocycles. The molecule has 3 aromatic heterocycles. The molecule has 0 unspecified atom stereocenters. The Hall–Kier alpha value is -4.99. The fourth-order valence-corrected chi connectivity index (χ4v) is 4.25. The number of aryl methyl sites for hydroxylation is 1. The number of pyridine rings is 1. The topological polar surface area (TPSA) is 99.9 Å². The summed E-state index contributed by atoms with van der Waals surface area (Å²) in [4.78, 5) is 21.9. The lowest BCUT2D eigenvalue weighted by Crippen LogP contribution is -2.14. The van der Waals surface area contributed by atoms with Crippen LogP contribution in [0.25, 0.3) is 16.9 Å². The third kappa shape index (κ3) is 5.08. The van der Waals surface area contributed by atoms with Gasteiger partial charge >= 0.3 is 0 Å². The fraction of sp³-hybridized carbons (Fsp3) is 0.172. The van der Waals surface area contributed by atoms with Crippen LogP contribution in [-0.4, -0.2) is 39.7 Å². The normalized spacial score (nSPS) is 10.9. The van der Waals surface area contributed by atoms with Gasteiger partial charge in [-0.25, -0.2) is 14.4 Å². The van der Waals surface area contributed by atoms with Crippen LogP contribution >= 0.6 is 0 Å². The Morgan fingerprint density at radius 3 is 2.51 bits per heavy atom. The van der Waals surface area contributed by atoms with Crippen molar-refractivity contribution in [3.05, 3.63) is 89.6 Å². The molecule has 0 aliphatic heterocycles. The third-order valence-corrected chi connectivity index (χ3v) is 6.20. The van der Waals surface area contributed by atoms with Gasteiger partial charge in [0, 0.05) is 34.6 Å². The van der Waals surface area contributed by atoms with Gasteiger partial charge < -0.3 is 19.5 Å². The monoisotopic (exact) mass is 527 g/mol. The SMILES string of the molecule is CCc1c(C)nc2ccnn2c1Oc1ccc(NC(=O)c2cccc(-c3ccc(OC)c(OC)c3)n2)cc1F. The molecule has 0 bridgehead atoms. The highest BCUT2D eigenvalue weighted by molar-refractivity contribution is 6.03. The van der Waals surface area contributed by atoms with E-state index in [2.05, 4.69) is 20.4 Å². The van der Waals surface area contributed by atoms with Gasteiger partial charge in [0.1, 0.15) is 5.69 Å². The number of fused-ring (bicyclic) bond motifs is 1. The van der Waals surface area contributed by atoms with Crippen molar-refractivity contribution in [3.8, 4) is 34.4 Å². The van der Waals surface area contributed by atoms with E-state index in [1.54, 1.807) is 62.9 Å². The highest BCUT2D eigenvalue weighted by Gasteiger charge is 2.18. The number of halogens is 1. The Morgan fingerprint density at radius 2 is 1.77 bits per heavy atom. The number of methoxy groups -OCH3 is 2. The lowest BCUT2D eigenvalue weighted by molar-refractivity contribution is 0.102. The molecule has 0 saturated carbocycles. The predicted octanol–water partition coefficient (Wildman–Crippen LogP) is 5.86. The summed E-state index contributed by atoms with van der Waals surface area (Å²) in [5, 5.41) is 6.96. The number of carbonyl (C=O) groups excluding carboxylic acids is 1. The van der Waals surface area contributed by atoms with Crippen molar-refractivity contribution in [1.29, 1.82) is 0 Å². The summed E-state index contributed by atoms with van der Waals surface area (Å²) in [5.74, 6) is 0.406. The molecule has 3 heterocycles. The van der Waals surface area contributed by atoms with Crippen LogP contribution in [0.5, 0.6) is 23.1 Å². The second kappa shape index (κ2) is 10.8. The number of hydrogen-bond acceptors (Lipinski definition) is 7. The van der Waals surface area contributed by atoms with Crippen LogP contribution in [0.1, 0.15) is 28.7 Å². The van der Waals surface area contributed by atoms with E-state index in [0.717, 1.165) is 16.8 Å². The number of hydrogen-bond donors (Lipinski definition) is 1. The minimum atomic E-state index is -0.642. The first-order valence-corrected chi connectivity index (χ1v) is 12.2. The minimum absolute atomic E-state index is 0.00123. The molecule has 2 aromatic carbocycles. The van der Waals surface area contributed by atoms with E-state index in [9.17, 15) is 4.79 Å². The molecule has 10 heteroatoms. The summed E-state index contributed by atoms with van der Waals surface area (Å²) >= 11 is 0. The zero-order valence-electron chi connectivity index (χ0n) is 21.9. The van der Waals surface area contributed by atoms with E-state index in [1.807, 2.05) is 19.9 Å². The first kappa shape index (κ1) is 25.7. The standard InChI is InChI=1S/C29H26FN5O4/c1-5-20-17(2)32-27-13-14-31-35(27)29(20)39-24-12-10-19(16-21(24)30)33-28(36)23-8-6-7-22(34-23)18-9-11-25(37-3)26(15-18)38-4/h6-16H,5H2,1-4H3,(H,33,36). The van der Waals surface area contributed by atoms with E-state index in [-0.39, 0.29) is 17.1 Å². The van der Waals surface area contributed by atoms with Gasteiger partial charge in [0.05, 0.1) is 26.1 Å². The molecule has 1 N–H and O–H groups in total. The summed E-state index contributed by atoms with van der Waals surface area (Å²) < 4.78 is 33.3. The number of amides is 1. The molecular weight excluding hydrogens is 501 g/mol. The van der Waals surface area contributed by atoms with Gasteiger partial charge in [0.2, 0.25) is 5.88 Å². The first-order valence-electron chi connectivity index (χ1n) is 12.2.